The van der Waals surface area contributed by atoms with Crippen LogP contribution in [-0.4, -0.2) is 30.6 Å². The number of carbonyl (C=O) groups is 1. The van der Waals surface area contributed by atoms with Crippen molar-refractivity contribution in [1.29, 1.82) is 0 Å². The average Bonchev–Trinajstić information content (AvgIpc) is 2.98. The van der Waals surface area contributed by atoms with Crippen molar-refractivity contribution in [3.63, 3.8) is 0 Å². The Balaban J connectivity index is 0.00000300. The number of methoxy groups -OCH3 is 1. The summed E-state index contributed by atoms with van der Waals surface area (Å²) < 4.78 is 52.0. The van der Waals surface area contributed by atoms with E-state index in [9.17, 15) is 4.79 Å². The highest BCUT2D eigenvalue weighted by Crippen LogP contribution is 2.40. The van der Waals surface area contributed by atoms with Gasteiger partial charge in [-0.3, -0.25) is 4.98 Å². The van der Waals surface area contributed by atoms with Crippen molar-refractivity contribution in [3.8, 4) is 0 Å². The molecule has 2 aromatic heterocycles. The van der Waals surface area contributed by atoms with Crippen molar-refractivity contribution < 1.29 is 17.8 Å². The van der Waals surface area contributed by atoms with E-state index in [1.807, 2.05) is 0 Å². The van der Waals surface area contributed by atoms with Crippen molar-refractivity contribution in [1.82, 2.24) is 4.98 Å². The average molecular weight is 358 g/mol. The molecule has 23 heavy (non-hydrogen) atoms. The van der Waals surface area contributed by atoms with Crippen molar-refractivity contribution >= 4 is 56.4 Å². The number of hydrogen-bond acceptors (Lipinski definition) is 6. The number of pyridine rings is 1. The molecular formula is C16H18ClN3O2S. The first-order valence-electron chi connectivity index (χ1n) is 9.36. The predicted molar refractivity (Wildman–Crippen MR) is 97.9 cm³/mol. The lowest BCUT2D eigenvalue weighted by Crippen LogP contribution is -2.25. The number of anilines is 1. The Morgan fingerprint density at radius 1 is 1.61 bits per heavy atom. The van der Waals surface area contributed by atoms with Crippen LogP contribution < -0.4 is 11.1 Å². The largest absolute Gasteiger partial charge is 0.465 e. The molecule has 0 saturated carbocycles. The van der Waals surface area contributed by atoms with Crippen LogP contribution in [0.1, 0.15) is 24.7 Å². The Kier molecular flexibility index (Phi) is 3.35. The molecule has 0 saturated heterocycles. The molecule has 5 nitrogen and oxygen atoms in total. The molecule has 0 aliphatic rings. The van der Waals surface area contributed by atoms with E-state index < -0.39 is 25.3 Å². The second kappa shape index (κ2) is 7.12. The maximum absolute atomic E-state index is 12.3. The predicted octanol–water partition coefficient (Wildman–Crippen LogP) is 3.42. The fraction of sp³-hybridized carbons (Fsp3) is 0.250. The number of halogens is 1. The van der Waals surface area contributed by atoms with Crippen LogP contribution in [0.25, 0.3) is 21.0 Å². The lowest BCUT2D eigenvalue weighted by molar-refractivity contribution is 0.0607. The molecule has 2 heterocycles. The van der Waals surface area contributed by atoms with Gasteiger partial charge in [-0.25, -0.2) is 4.79 Å². The number of hydrogen-bond donors (Lipinski definition) is 2. The summed E-state index contributed by atoms with van der Waals surface area (Å²) in [7, 11) is 1.19. The standard InChI is InChI=1S/C16H17N3O2S.ClH/c1-9(17)8-19-14-13-10-4-3-7-18-11(10)5-6-12(13)22-15(14)16(20)21-2;/h3-7,9,19H,8,17H2,1-2H3;1H/i1D3,8D2,9D;. The first-order valence-corrected chi connectivity index (χ1v) is 7.18. The minimum atomic E-state index is -3.12. The van der Waals surface area contributed by atoms with E-state index in [-0.39, 0.29) is 23.0 Å². The number of benzene rings is 1. The lowest BCUT2D eigenvalue weighted by Gasteiger charge is -2.11. The number of fused-ring (bicyclic) bond motifs is 3. The second-order valence-corrected chi connectivity index (χ2v) is 5.52. The van der Waals surface area contributed by atoms with Crippen molar-refractivity contribution in [3.05, 3.63) is 35.3 Å². The zero-order valence-corrected chi connectivity index (χ0v) is 13.7. The number of nitrogens with zero attached hydrogens (tertiary/aromatic N) is 1. The molecule has 3 rings (SSSR count). The summed E-state index contributed by atoms with van der Waals surface area (Å²) >= 11 is 1.06. The molecule has 1 atom stereocenters. The Hall–Kier alpha value is -1.89. The monoisotopic (exact) mass is 357 g/mol. The number of rotatable bonds is 4. The van der Waals surface area contributed by atoms with Gasteiger partial charge in [0, 0.05) is 39.7 Å². The fourth-order valence-corrected chi connectivity index (χ4v) is 3.33. The van der Waals surface area contributed by atoms with Gasteiger partial charge in [0.05, 0.1) is 21.1 Å². The molecule has 122 valence electrons. The minimum absolute atomic E-state index is 0. The Bertz CT molecular complexity index is 1070. The zero-order valence-electron chi connectivity index (χ0n) is 18.0. The van der Waals surface area contributed by atoms with E-state index in [2.05, 4.69) is 10.3 Å². The van der Waals surface area contributed by atoms with Gasteiger partial charge in [0.2, 0.25) is 0 Å². The highest BCUT2D eigenvalue weighted by Gasteiger charge is 2.20. The van der Waals surface area contributed by atoms with Gasteiger partial charge in [-0.05, 0) is 25.1 Å². The Labute approximate surface area is 152 Å². The molecule has 0 aliphatic heterocycles. The molecule has 0 bridgehead atoms. The number of thiophene rings is 1. The molecular weight excluding hydrogens is 334 g/mol. The molecule has 1 unspecified atom stereocenters. The molecule has 7 heteroatoms. The molecule has 0 fully saturated rings. The smallest absolute Gasteiger partial charge is 0.350 e. The summed E-state index contributed by atoms with van der Waals surface area (Å²) in [6.07, 6.45) is 1.59. The number of nitrogens with one attached hydrogen (secondary N) is 1. The van der Waals surface area contributed by atoms with Crippen molar-refractivity contribution in [2.24, 2.45) is 5.73 Å². The highest BCUT2D eigenvalue weighted by atomic mass is 35.5. The molecule has 0 radical (unpaired) electrons. The van der Waals surface area contributed by atoms with Crippen LogP contribution in [0.4, 0.5) is 5.69 Å². The topological polar surface area (TPSA) is 77.2 Å². The number of esters is 1. The normalized spacial score (nSPS) is 18.3. The summed E-state index contributed by atoms with van der Waals surface area (Å²) in [4.78, 5) is 16.6. The summed E-state index contributed by atoms with van der Waals surface area (Å²) in [5, 5.41) is 3.51. The van der Waals surface area contributed by atoms with E-state index in [4.69, 9.17) is 18.7 Å². The van der Waals surface area contributed by atoms with E-state index in [0.717, 1.165) is 11.3 Å². The van der Waals surface area contributed by atoms with Crippen LogP contribution in [-0.2, 0) is 4.74 Å². The third-order valence-corrected chi connectivity index (χ3v) is 4.26. The summed E-state index contributed by atoms with van der Waals surface area (Å²) in [5.41, 5.74) is 6.17. The van der Waals surface area contributed by atoms with E-state index in [1.165, 1.54) is 7.11 Å². The third kappa shape index (κ3) is 3.24. The van der Waals surface area contributed by atoms with Gasteiger partial charge in [0.25, 0.3) is 0 Å². The summed E-state index contributed by atoms with van der Waals surface area (Å²) in [6, 6.07) is 3.94. The fourth-order valence-electron chi connectivity index (χ4n) is 2.24. The van der Waals surface area contributed by atoms with E-state index in [1.54, 1.807) is 30.5 Å². The van der Waals surface area contributed by atoms with Gasteiger partial charge in [-0.2, -0.15) is 0 Å². The molecule has 0 amide bonds. The lowest BCUT2D eigenvalue weighted by atomic mass is 10.1. The molecule has 3 N–H and O–H groups in total. The minimum Gasteiger partial charge on any atom is -0.465 e. The zero-order chi connectivity index (χ0) is 20.9. The van der Waals surface area contributed by atoms with Gasteiger partial charge in [-0.15, -0.1) is 23.7 Å². The van der Waals surface area contributed by atoms with Crippen LogP contribution in [0.3, 0.4) is 0 Å². The van der Waals surface area contributed by atoms with Gasteiger partial charge in [0.1, 0.15) is 4.88 Å². The molecule has 1 aromatic carbocycles. The Morgan fingerprint density at radius 2 is 2.43 bits per heavy atom. The maximum atomic E-state index is 12.3. The molecule has 3 aromatic rings. The van der Waals surface area contributed by atoms with Gasteiger partial charge in [0.15, 0.2) is 0 Å². The number of aromatic nitrogens is 1. The second-order valence-electron chi connectivity index (χ2n) is 4.47. The highest BCUT2D eigenvalue weighted by molar-refractivity contribution is 7.21. The first-order chi connectivity index (χ1) is 12.9. The number of carbonyl (C=O) groups excluding carboxylic acids is 1. The maximum Gasteiger partial charge on any atom is 0.350 e. The summed E-state index contributed by atoms with van der Waals surface area (Å²) in [6.45, 7) is -6.02. The van der Waals surface area contributed by atoms with Crippen LogP contribution >= 0.6 is 23.7 Å². The van der Waals surface area contributed by atoms with Crippen LogP contribution in [0.15, 0.2) is 30.5 Å². The van der Waals surface area contributed by atoms with E-state index in [0.29, 0.717) is 21.0 Å². The van der Waals surface area contributed by atoms with Crippen LogP contribution in [0.2, 0.25) is 0 Å². The van der Waals surface area contributed by atoms with Crippen molar-refractivity contribution in [2.45, 2.75) is 12.9 Å². The van der Waals surface area contributed by atoms with E-state index >= 15 is 0 Å². The number of ether oxygens (including phenoxy) is 1. The quantitative estimate of drug-likeness (QED) is 0.699. The van der Waals surface area contributed by atoms with Gasteiger partial charge < -0.3 is 15.8 Å². The Morgan fingerprint density at radius 3 is 3.17 bits per heavy atom. The number of nitrogens with two attached hydrogens (primary N) is 1. The SMILES string of the molecule is Cl.[2H]C([2H])([2H])C([2H])(N)C([2H])([2H])Nc1c(C(=O)OC)sc2ccc3ncccc3c12. The van der Waals surface area contributed by atoms with Crippen molar-refractivity contribution in [2.75, 3.05) is 18.9 Å². The van der Waals surface area contributed by atoms with Gasteiger partial charge in [-0.1, -0.05) is 6.07 Å². The van der Waals surface area contributed by atoms with Crippen LogP contribution in [0.5, 0.6) is 0 Å². The van der Waals surface area contributed by atoms with Crippen LogP contribution in [0, 0.1) is 0 Å². The first kappa shape index (κ1) is 10.8. The summed E-state index contributed by atoms with van der Waals surface area (Å²) in [5.74, 6) is -0.724. The molecule has 0 spiro atoms. The van der Waals surface area contributed by atoms with Gasteiger partial charge >= 0.3 is 5.97 Å². The molecule has 0 aliphatic carbocycles. The third-order valence-electron chi connectivity index (χ3n) is 3.13.